The third-order valence-corrected chi connectivity index (χ3v) is 5.53. The Morgan fingerprint density at radius 2 is 1.88 bits per heavy atom. The van der Waals surface area contributed by atoms with Gasteiger partial charge in [0.1, 0.15) is 0 Å². The largest absolute Gasteiger partial charge is 0.342 e. The molecule has 1 heterocycles. The standard InChI is InChI=1S/C17H23N3O5S/c1-3-4-9-20-11-13(10-16(20)22)17(23)18-14-5-7-15(8-6-14)26(24,25)19-12(2)21/h5-8,13H,3-4,9-11H2,1-2H3,(H,18,23)(H,19,21)/t13-/m0/s1. The Kier molecular flexibility index (Phi) is 6.36. The number of nitrogens with one attached hydrogen (secondary N) is 2. The lowest BCUT2D eigenvalue weighted by Gasteiger charge is -2.16. The van der Waals surface area contributed by atoms with E-state index in [4.69, 9.17) is 0 Å². The van der Waals surface area contributed by atoms with Gasteiger partial charge in [-0.1, -0.05) is 13.3 Å². The SMILES string of the molecule is CCCCN1C[C@@H](C(=O)Nc2ccc(S(=O)(=O)NC(C)=O)cc2)CC1=O. The topological polar surface area (TPSA) is 113 Å². The van der Waals surface area contributed by atoms with Crippen LogP contribution >= 0.6 is 0 Å². The Bertz CT molecular complexity index is 789. The highest BCUT2D eigenvalue weighted by Crippen LogP contribution is 2.21. The molecule has 1 aliphatic heterocycles. The number of anilines is 1. The molecular weight excluding hydrogens is 358 g/mol. The van der Waals surface area contributed by atoms with Crippen LogP contribution in [0.5, 0.6) is 0 Å². The molecule has 8 nitrogen and oxygen atoms in total. The van der Waals surface area contributed by atoms with Crippen molar-refractivity contribution in [3.05, 3.63) is 24.3 Å². The van der Waals surface area contributed by atoms with Gasteiger partial charge in [-0.2, -0.15) is 0 Å². The van der Waals surface area contributed by atoms with E-state index in [0.29, 0.717) is 18.8 Å². The molecule has 0 radical (unpaired) electrons. The second kappa shape index (κ2) is 8.31. The fourth-order valence-electron chi connectivity index (χ4n) is 2.72. The van der Waals surface area contributed by atoms with E-state index in [0.717, 1.165) is 19.8 Å². The monoisotopic (exact) mass is 381 g/mol. The van der Waals surface area contributed by atoms with Crippen molar-refractivity contribution in [1.29, 1.82) is 0 Å². The van der Waals surface area contributed by atoms with Crippen molar-refractivity contribution < 1.29 is 22.8 Å². The Balaban J connectivity index is 1.98. The van der Waals surface area contributed by atoms with Crippen LogP contribution in [0.1, 0.15) is 33.1 Å². The Hall–Kier alpha value is -2.42. The van der Waals surface area contributed by atoms with Gasteiger partial charge in [0, 0.05) is 32.1 Å². The molecule has 1 aromatic rings. The highest BCUT2D eigenvalue weighted by atomic mass is 32.2. The van der Waals surface area contributed by atoms with Crippen LogP contribution < -0.4 is 10.0 Å². The van der Waals surface area contributed by atoms with E-state index in [9.17, 15) is 22.8 Å². The molecule has 142 valence electrons. The first kappa shape index (κ1) is 19.9. The summed E-state index contributed by atoms with van der Waals surface area (Å²) in [6.45, 7) is 4.22. The number of amides is 3. The van der Waals surface area contributed by atoms with Gasteiger partial charge < -0.3 is 10.2 Å². The predicted octanol–water partition coefficient (Wildman–Crippen LogP) is 1.10. The number of nitrogens with zero attached hydrogens (tertiary/aromatic N) is 1. The van der Waals surface area contributed by atoms with E-state index >= 15 is 0 Å². The number of benzene rings is 1. The number of hydrogen-bond donors (Lipinski definition) is 2. The molecule has 0 unspecified atom stereocenters. The first-order valence-corrected chi connectivity index (χ1v) is 9.93. The number of hydrogen-bond acceptors (Lipinski definition) is 5. The summed E-state index contributed by atoms with van der Waals surface area (Å²) in [6.07, 6.45) is 2.07. The molecule has 0 spiro atoms. The van der Waals surface area contributed by atoms with Gasteiger partial charge in [-0.05, 0) is 30.7 Å². The maximum atomic E-state index is 12.3. The van der Waals surface area contributed by atoms with Gasteiger partial charge in [-0.25, -0.2) is 13.1 Å². The van der Waals surface area contributed by atoms with Crippen LogP contribution in [-0.4, -0.2) is 44.1 Å². The molecule has 9 heteroatoms. The van der Waals surface area contributed by atoms with Gasteiger partial charge in [0.25, 0.3) is 10.0 Å². The molecule has 0 aliphatic carbocycles. The van der Waals surface area contributed by atoms with Gasteiger partial charge in [0.15, 0.2) is 0 Å². The van der Waals surface area contributed by atoms with Gasteiger partial charge in [0.05, 0.1) is 10.8 Å². The maximum absolute atomic E-state index is 12.3. The van der Waals surface area contributed by atoms with E-state index in [-0.39, 0.29) is 23.1 Å². The van der Waals surface area contributed by atoms with Crippen LogP contribution in [0.15, 0.2) is 29.2 Å². The molecule has 2 N–H and O–H groups in total. The second-order valence-electron chi connectivity index (χ2n) is 6.27. The molecule has 1 atom stereocenters. The fraction of sp³-hybridized carbons (Fsp3) is 0.471. The van der Waals surface area contributed by atoms with Crippen molar-refractivity contribution in [3.8, 4) is 0 Å². The summed E-state index contributed by atoms with van der Waals surface area (Å²) in [4.78, 5) is 36.8. The van der Waals surface area contributed by atoms with E-state index in [1.54, 1.807) is 4.90 Å². The summed E-state index contributed by atoms with van der Waals surface area (Å²) < 4.78 is 25.6. The molecule has 3 amide bonds. The van der Waals surface area contributed by atoms with Crippen LogP contribution in [0.25, 0.3) is 0 Å². The van der Waals surface area contributed by atoms with Crippen molar-refractivity contribution in [2.45, 2.75) is 38.0 Å². The highest BCUT2D eigenvalue weighted by Gasteiger charge is 2.33. The summed E-state index contributed by atoms with van der Waals surface area (Å²) in [6, 6.07) is 5.49. The van der Waals surface area contributed by atoms with E-state index in [1.165, 1.54) is 24.3 Å². The van der Waals surface area contributed by atoms with Crippen molar-refractivity contribution in [1.82, 2.24) is 9.62 Å². The summed E-state index contributed by atoms with van der Waals surface area (Å²) >= 11 is 0. The number of carbonyl (C=O) groups excluding carboxylic acids is 3. The third kappa shape index (κ3) is 5.04. The number of sulfonamides is 1. The number of rotatable bonds is 7. The fourth-order valence-corrected chi connectivity index (χ4v) is 3.71. The van der Waals surface area contributed by atoms with Crippen LogP contribution in [0, 0.1) is 5.92 Å². The lowest BCUT2D eigenvalue weighted by atomic mass is 10.1. The third-order valence-electron chi connectivity index (χ3n) is 4.08. The molecule has 0 saturated carbocycles. The number of likely N-dealkylation sites (tertiary alicyclic amines) is 1. The van der Waals surface area contributed by atoms with Gasteiger partial charge in [0.2, 0.25) is 17.7 Å². The minimum absolute atomic E-state index is 0.0182. The second-order valence-corrected chi connectivity index (χ2v) is 7.95. The lowest BCUT2D eigenvalue weighted by Crippen LogP contribution is -2.29. The van der Waals surface area contributed by atoms with Gasteiger partial charge in [-0.3, -0.25) is 14.4 Å². The summed E-state index contributed by atoms with van der Waals surface area (Å²) in [5, 5.41) is 2.70. The van der Waals surface area contributed by atoms with Crippen LogP contribution in [-0.2, 0) is 24.4 Å². The number of carbonyl (C=O) groups is 3. The molecule has 0 aromatic heterocycles. The van der Waals surface area contributed by atoms with Crippen LogP contribution in [0.3, 0.4) is 0 Å². The average Bonchev–Trinajstić information content (AvgIpc) is 2.93. The highest BCUT2D eigenvalue weighted by molar-refractivity contribution is 7.90. The molecular formula is C17H23N3O5S. The van der Waals surface area contributed by atoms with Crippen molar-refractivity contribution in [3.63, 3.8) is 0 Å². The molecule has 26 heavy (non-hydrogen) atoms. The van der Waals surface area contributed by atoms with Crippen molar-refractivity contribution in [2.24, 2.45) is 5.92 Å². The molecule has 1 aromatic carbocycles. The molecule has 1 saturated heterocycles. The molecule has 1 aliphatic rings. The van der Waals surface area contributed by atoms with Gasteiger partial charge >= 0.3 is 0 Å². The van der Waals surface area contributed by atoms with Gasteiger partial charge in [-0.15, -0.1) is 0 Å². The van der Waals surface area contributed by atoms with Crippen molar-refractivity contribution in [2.75, 3.05) is 18.4 Å². The number of unbranched alkanes of at least 4 members (excludes halogenated alkanes) is 1. The summed E-state index contributed by atoms with van der Waals surface area (Å²) in [7, 11) is -3.91. The molecule has 1 fully saturated rings. The quantitative estimate of drug-likeness (QED) is 0.734. The smallest absolute Gasteiger partial charge is 0.264 e. The molecule has 2 rings (SSSR count). The van der Waals surface area contributed by atoms with E-state index in [2.05, 4.69) is 5.32 Å². The first-order valence-electron chi connectivity index (χ1n) is 8.45. The van der Waals surface area contributed by atoms with E-state index in [1.807, 2.05) is 11.6 Å². The minimum atomic E-state index is -3.91. The molecule has 0 bridgehead atoms. The summed E-state index contributed by atoms with van der Waals surface area (Å²) in [5.41, 5.74) is 0.427. The van der Waals surface area contributed by atoms with E-state index < -0.39 is 21.8 Å². The predicted molar refractivity (Wildman–Crippen MR) is 95.7 cm³/mol. The minimum Gasteiger partial charge on any atom is -0.342 e. The normalized spacial score (nSPS) is 17.2. The summed E-state index contributed by atoms with van der Waals surface area (Å²) in [5.74, 6) is -1.38. The zero-order valence-corrected chi connectivity index (χ0v) is 15.6. The van der Waals surface area contributed by atoms with Crippen LogP contribution in [0.2, 0.25) is 0 Å². The zero-order valence-electron chi connectivity index (χ0n) is 14.8. The maximum Gasteiger partial charge on any atom is 0.264 e. The lowest BCUT2D eigenvalue weighted by molar-refractivity contribution is -0.128. The average molecular weight is 381 g/mol. The zero-order chi connectivity index (χ0) is 19.3. The Morgan fingerprint density at radius 3 is 2.46 bits per heavy atom. The van der Waals surface area contributed by atoms with Crippen molar-refractivity contribution >= 4 is 33.4 Å². The Labute approximate surface area is 153 Å². The van der Waals surface area contributed by atoms with Crippen LogP contribution in [0.4, 0.5) is 5.69 Å². The first-order chi connectivity index (χ1) is 12.2. The Morgan fingerprint density at radius 1 is 1.23 bits per heavy atom.